The Morgan fingerprint density at radius 3 is 2.50 bits per heavy atom. The van der Waals surface area contributed by atoms with Crippen molar-refractivity contribution in [3.8, 4) is 0 Å². The largest absolute Gasteiger partial charge is 0.381 e. The van der Waals surface area contributed by atoms with Crippen LogP contribution in [-0.4, -0.2) is 26.3 Å². The van der Waals surface area contributed by atoms with Gasteiger partial charge in [0.15, 0.2) is 0 Å². The van der Waals surface area contributed by atoms with Crippen molar-refractivity contribution in [2.24, 2.45) is 0 Å². The van der Waals surface area contributed by atoms with Crippen molar-refractivity contribution >= 4 is 0 Å². The Labute approximate surface area is 97.0 Å². The molecule has 0 radical (unpaired) electrons. The van der Waals surface area contributed by atoms with Crippen LogP contribution in [0.5, 0.6) is 0 Å². The SMILES string of the molecule is c1ccc(C2CCOC2)c(C2CCNC2)c1. The Morgan fingerprint density at radius 2 is 1.88 bits per heavy atom. The summed E-state index contributed by atoms with van der Waals surface area (Å²) in [5, 5.41) is 3.46. The average Bonchev–Trinajstić information content (AvgIpc) is 3.03. The molecule has 0 amide bonds. The van der Waals surface area contributed by atoms with Crippen molar-refractivity contribution < 1.29 is 4.74 Å². The topological polar surface area (TPSA) is 21.3 Å². The Balaban J connectivity index is 1.90. The van der Waals surface area contributed by atoms with Crippen LogP contribution in [-0.2, 0) is 4.74 Å². The van der Waals surface area contributed by atoms with Crippen LogP contribution < -0.4 is 5.32 Å². The zero-order valence-corrected chi connectivity index (χ0v) is 9.61. The summed E-state index contributed by atoms with van der Waals surface area (Å²) in [7, 11) is 0. The van der Waals surface area contributed by atoms with Gasteiger partial charge in [-0.1, -0.05) is 24.3 Å². The van der Waals surface area contributed by atoms with Crippen LogP contribution in [0.1, 0.15) is 35.8 Å². The molecule has 1 aromatic rings. The monoisotopic (exact) mass is 217 g/mol. The number of hydrogen-bond acceptors (Lipinski definition) is 2. The smallest absolute Gasteiger partial charge is 0.0535 e. The van der Waals surface area contributed by atoms with Gasteiger partial charge in [-0.25, -0.2) is 0 Å². The van der Waals surface area contributed by atoms with E-state index in [0.29, 0.717) is 5.92 Å². The number of ether oxygens (including phenoxy) is 1. The molecule has 0 aliphatic carbocycles. The quantitative estimate of drug-likeness (QED) is 0.820. The summed E-state index contributed by atoms with van der Waals surface area (Å²) in [6, 6.07) is 8.95. The van der Waals surface area contributed by atoms with Crippen molar-refractivity contribution in [2.75, 3.05) is 26.3 Å². The fourth-order valence-electron chi connectivity index (χ4n) is 2.95. The van der Waals surface area contributed by atoms with Gasteiger partial charge in [-0.3, -0.25) is 0 Å². The molecule has 2 unspecified atom stereocenters. The Hall–Kier alpha value is -0.860. The highest BCUT2D eigenvalue weighted by Crippen LogP contribution is 2.33. The number of nitrogens with one attached hydrogen (secondary N) is 1. The molecule has 0 spiro atoms. The van der Waals surface area contributed by atoms with Gasteiger partial charge in [-0.2, -0.15) is 0 Å². The molecule has 0 bridgehead atoms. The summed E-state index contributed by atoms with van der Waals surface area (Å²) >= 11 is 0. The maximum atomic E-state index is 5.51. The zero-order valence-electron chi connectivity index (χ0n) is 9.61. The summed E-state index contributed by atoms with van der Waals surface area (Å²) in [6.45, 7) is 4.16. The molecule has 86 valence electrons. The molecule has 1 N–H and O–H groups in total. The first-order chi connectivity index (χ1) is 7.95. The van der Waals surface area contributed by atoms with Gasteiger partial charge in [-0.15, -0.1) is 0 Å². The molecule has 3 rings (SSSR count). The summed E-state index contributed by atoms with van der Waals surface area (Å²) < 4.78 is 5.51. The van der Waals surface area contributed by atoms with Crippen LogP contribution in [0, 0.1) is 0 Å². The highest BCUT2D eigenvalue weighted by Gasteiger charge is 2.25. The Bertz CT molecular complexity index is 317. The number of benzene rings is 1. The molecule has 2 fully saturated rings. The van der Waals surface area contributed by atoms with Crippen LogP contribution in [0.15, 0.2) is 24.3 Å². The van der Waals surface area contributed by atoms with Gasteiger partial charge in [0.05, 0.1) is 6.61 Å². The lowest BCUT2D eigenvalue weighted by atomic mass is 9.86. The van der Waals surface area contributed by atoms with E-state index < -0.39 is 0 Å². The van der Waals surface area contributed by atoms with Gasteiger partial charge in [0.25, 0.3) is 0 Å². The first-order valence-corrected chi connectivity index (χ1v) is 6.32. The molecule has 1 aromatic carbocycles. The van der Waals surface area contributed by atoms with E-state index in [0.717, 1.165) is 25.7 Å². The van der Waals surface area contributed by atoms with Crippen molar-refractivity contribution in [3.63, 3.8) is 0 Å². The zero-order chi connectivity index (χ0) is 10.8. The second kappa shape index (κ2) is 4.56. The molecule has 2 saturated heterocycles. The van der Waals surface area contributed by atoms with E-state index in [1.165, 1.54) is 24.9 Å². The van der Waals surface area contributed by atoms with Gasteiger partial charge in [-0.05, 0) is 36.4 Å². The maximum absolute atomic E-state index is 5.51. The summed E-state index contributed by atoms with van der Waals surface area (Å²) in [6.07, 6.45) is 2.47. The van der Waals surface area contributed by atoms with Crippen LogP contribution in [0.3, 0.4) is 0 Å². The van der Waals surface area contributed by atoms with Gasteiger partial charge in [0.2, 0.25) is 0 Å². The van der Waals surface area contributed by atoms with E-state index in [4.69, 9.17) is 4.74 Å². The third-order valence-electron chi connectivity index (χ3n) is 3.87. The molecule has 2 atom stereocenters. The molecule has 2 heterocycles. The van der Waals surface area contributed by atoms with Crippen LogP contribution in [0.25, 0.3) is 0 Å². The molecule has 2 aliphatic heterocycles. The van der Waals surface area contributed by atoms with E-state index in [9.17, 15) is 0 Å². The van der Waals surface area contributed by atoms with Crippen LogP contribution >= 0.6 is 0 Å². The lowest BCUT2D eigenvalue weighted by Crippen LogP contribution is -2.11. The molecular formula is C14H19NO. The minimum atomic E-state index is 0.636. The van der Waals surface area contributed by atoms with Gasteiger partial charge in [0, 0.05) is 19.1 Å². The summed E-state index contributed by atoms with van der Waals surface area (Å²) in [5.41, 5.74) is 3.09. The standard InChI is InChI=1S/C14H19NO/c1-2-4-14(12-6-8-16-10-12)13(3-1)11-5-7-15-9-11/h1-4,11-12,15H,5-10H2. The minimum Gasteiger partial charge on any atom is -0.381 e. The minimum absolute atomic E-state index is 0.636. The molecule has 0 saturated carbocycles. The van der Waals surface area contributed by atoms with E-state index in [2.05, 4.69) is 29.6 Å². The summed E-state index contributed by atoms with van der Waals surface area (Å²) in [5.74, 6) is 1.36. The second-order valence-corrected chi connectivity index (χ2v) is 4.88. The third kappa shape index (κ3) is 1.87. The van der Waals surface area contributed by atoms with Gasteiger partial charge < -0.3 is 10.1 Å². The fourth-order valence-corrected chi connectivity index (χ4v) is 2.95. The maximum Gasteiger partial charge on any atom is 0.0535 e. The molecular weight excluding hydrogens is 198 g/mol. The fraction of sp³-hybridized carbons (Fsp3) is 0.571. The first-order valence-electron chi connectivity index (χ1n) is 6.32. The molecule has 2 heteroatoms. The predicted molar refractivity (Wildman–Crippen MR) is 64.8 cm³/mol. The van der Waals surface area contributed by atoms with Crippen LogP contribution in [0.4, 0.5) is 0 Å². The number of rotatable bonds is 2. The molecule has 16 heavy (non-hydrogen) atoms. The predicted octanol–water partition coefficient (Wildman–Crippen LogP) is 2.27. The van der Waals surface area contributed by atoms with Crippen LogP contribution in [0.2, 0.25) is 0 Å². The average molecular weight is 217 g/mol. The number of hydrogen-bond donors (Lipinski definition) is 1. The van der Waals surface area contributed by atoms with Crippen molar-refractivity contribution in [2.45, 2.75) is 24.7 Å². The van der Waals surface area contributed by atoms with E-state index in [1.54, 1.807) is 5.56 Å². The summed E-state index contributed by atoms with van der Waals surface area (Å²) in [4.78, 5) is 0. The van der Waals surface area contributed by atoms with E-state index >= 15 is 0 Å². The normalized spacial score (nSPS) is 29.8. The molecule has 0 aromatic heterocycles. The first kappa shape index (κ1) is 10.3. The van der Waals surface area contributed by atoms with Crippen molar-refractivity contribution in [1.29, 1.82) is 0 Å². The van der Waals surface area contributed by atoms with Gasteiger partial charge >= 0.3 is 0 Å². The second-order valence-electron chi connectivity index (χ2n) is 4.88. The van der Waals surface area contributed by atoms with Gasteiger partial charge in [0.1, 0.15) is 0 Å². The van der Waals surface area contributed by atoms with E-state index in [-0.39, 0.29) is 0 Å². The lowest BCUT2D eigenvalue weighted by molar-refractivity contribution is 0.194. The molecule has 2 nitrogen and oxygen atoms in total. The molecule has 2 aliphatic rings. The Kier molecular flexibility index (Phi) is 2.94. The van der Waals surface area contributed by atoms with Crippen molar-refractivity contribution in [1.82, 2.24) is 5.32 Å². The highest BCUT2D eigenvalue weighted by molar-refractivity contribution is 5.34. The van der Waals surface area contributed by atoms with Crippen molar-refractivity contribution in [3.05, 3.63) is 35.4 Å². The Morgan fingerprint density at radius 1 is 1.06 bits per heavy atom. The third-order valence-corrected chi connectivity index (χ3v) is 3.87. The van der Waals surface area contributed by atoms with E-state index in [1.807, 2.05) is 0 Å². The highest BCUT2D eigenvalue weighted by atomic mass is 16.5. The lowest BCUT2D eigenvalue weighted by Gasteiger charge is -2.18.